The summed E-state index contributed by atoms with van der Waals surface area (Å²) in [5.74, 6) is -1.60. The first-order valence-electron chi connectivity index (χ1n) is 8.76. The van der Waals surface area contributed by atoms with Gasteiger partial charge < -0.3 is 14.8 Å². The molecule has 3 aliphatic rings. The molecule has 1 amide bonds. The third-order valence-corrected chi connectivity index (χ3v) is 5.78. The number of nitrogens with one attached hydrogen (secondary N) is 1. The fraction of sp³-hybridized carbons (Fsp3) is 0.526. The minimum atomic E-state index is -0.449. The summed E-state index contributed by atoms with van der Waals surface area (Å²) in [6.45, 7) is 1.55. The molecule has 2 saturated carbocycles. The van der Waals surface area contributed by atoms with Crippen LogP contribution in [0.4, 0.5) is 0 Å². The highest BCUT2D eigenvalue weighted by Crippen LogP contribution is 2.57. The van der Waals surface area contributed by atoms with E-state index in [9.17, 15) is 14.4 Å². The highest BCUT2D eigenvalue weighted by Gasteiger charge is 2.64. The minimum Gasteiger partial charge on any atom is -0.462 e. The lowest BCUT2D eigenvalue weighted by Gasteiger charge is -2.22. The average molecular weight is 343 g/mol. The lowest BCUT2D eigenvalue weighted by molar-refractivity contribution is -0.158. The Morgan fingerprint density at radius 2 is 2.04 bits per heavy atom. The van der Waals surface area contributed by atoms with Crippen molar-refractivity contribution in [1.29, 1.82) is 0 Å². The molecule has 6 heteroatoms. The number of carbonyl (C=O) groups excluding carboxylic acids is 3. The van der Waals surface area contributed by atoms with Gasteiger partial charge in [0.15, 0.2) is 6.61 Å². The molecule has 132 valence electrons. The molecule has 6 atom stereocenters. The topological polar surface area (TPSA) is 81.7 Å². The summed E-state index contributed by atoms with van der Waals surface area (Å²) in [6, 6.07) is 9.40. The average Bonchev–Trinajstić information content (AvgIpc) is 3.22. The highest BCUT2D eigenvalue weighted by molar-refractivity contribution is 5.87. The van der Waals surface area contributed by atoms with Crippen molar-refractivity contribution in [2.45, 2.75) is 31.9 Å². The van der Waals surface area contributed by atoms with Gasteiger partial charge in [0.05, 0.1) is 17.9 Å². The number of hydrogen-bond acceptors (Lipinski definition) is 5. The predicted molar refractivity (Wildman–Crippen MR) is 87.0 cm³/mol. The first-order valence-corrected chi connectivity index (χ1v) is 8.76. The van der Waals surface area contributed by atoms with Gasteiger partial charge in [-0.15, -0.1) is 0 Å². The van der Waals surface area contributed by atoms with Crippen molar-refractivity contribution >= 4 is 17.8 Å². The van der Waals surface area contributed by atoms with Crippen LogP contribution in [0.5, 0.6) is 0 Å². The fourth-order valence-electron chi connectivity index (χ4n) is 4.67. The molecule has 1 N–H and O–H groups in total. The van der Waals surface area contributed by atoms with Crippen molar-refractivity contribution in [3.8, 4) is 0 Å². The van der Waals surface area contributed by atoms with Crippen LogP contribution in [0.1, 0.15) is 31.4 Å². The van der Waals surface area contributed by atoms with Crippen LogP contribution in [-0.2, 0) is 23.9 Å². The third-order valence-electron chi connectivity index (χ3n) is 5.78. The summed E-state index contributed by atoms with van der Waals surface area (Å²) in [6.07, 6.45) is 1.57. The summed E-state index contributed by atoms with van der Waals surface area (Å²) < 4.78 is 10.5. The Morgan fingerprint density at radius 3 is 2.80 bits per heavy atom. The zero-order chi connectivity index (χ0) is 17.6. The lowest BCUT2D eigenvalue weighted by atomic mass is 9.80. The Balaban J connectivity index is 1.30. The number of rotatable bonds is 5. The van der Waals surface area contributed by atoms with Crippen LogP contribution in [0.3, 0.4) is 0 Å². The van der Waals surface area contributed by atoms with Crippen LogP contribution in [-0.4, -0.2) is 30.6 Å². The van der Waals surface area contributed by atoms with Crippen molar-refractivity contribution in [2.24, 2.45) is 23.7 Å². The number of benzene rings is 1. The number of hydrogen-bond donors (Lipinski definition) is 1. The van der Waals surface area contributed by atoms with E-state index in [1.807, 2.05) is 37.3 Å². The molecule has 1 aromatic rings. The Kier molecular flexibility index (Phi) is 3.98. The van der Waals surface area contributed by atoms with Crippen LogP contribution in [0, 0.1) is 23.7 Å². The Bertz CT molecular complexity index is 701. The van der Waals surface area contributed by atoms with Crippen molar-refractivity contribution in [1.82, 2.24) is 5.32 Å². The summed E-state index contributed by atoms with van der Waals surface area (Å²) in [7, 11) is 0. The Morgan fingerprint density at radius 1 is 1.28 bits per heavy atom. The molecule has 4 rings (SSSR count). The lowest BCUT2D eigenvalue weighted by Crippen LogP contribution is -2.36. The standard InChI is InChI=1S/C19H21NO5/c1-10(11-5-3-2-4-6-11)20-15(21)9-24-18(22)16-12-7-13-14(8-12)25-19(23)17(13)16/h2-6,10,12-14,16-17H,7-9H2,1H3,(H,20,21)/t10-,12+,13-,14+,16+,17+/m0/s1. The van der Waals surface area contributed by atoms with Gasteiger partial charge in [-0.1, -0.05) is 30.3 Å². The van der Waals surface area contributed by atoms with Gasteiger partial charge in [-0.05, 0) is 31.2 Å². The van der Waals surface area contributed by atoms with Gasteiger partial charge in [-0.25, -0.2) is 0 Å². The number of ether oxygens (including phenoxy) is 2. The van der Waals surface area contributed by atoms with Gasteiger partial charge >= 0.3 is 11.9 Å². The number of amides is 1. The summed E-state index contributed by atoms with van der Waals surface area (Å²) in [5, 5.41) is 2.81. The predicted octanol–water partition coefficient (Wildman–Crippen LogP) is 1.60. The van der Waals surface area contributed by atoms with Gasteiger partial charge in [0, 0.05) is 5.92 Å². The Hall–Kier alpha value is -2.37. The molecule has 1 aliphatic heterocycles. The largest absolute Gasteiger partial charge is 0.462 e. The normalized spacial score (nSPS) is 33.0. The maximum Gasteiger partial charge on any atom is 0.310 e. The van der Waals surface area contributed by atoms with E-state index < -0.39 is 11.9 Å². The van der Waals surface area contributed by atoms with Gasteiger partial charge in [0.1, 0.15) is 6.10 Å². The first-order chi connectivity index (χ1) is 12.0. The quantitative estimate of drug-likeness (QED) is 0.822. The van der Waals surface area contributed by atoms with E-state index in [2.05, 4.69) is 5.32 Å². The zero-order valence-corrected chi connectivity index (χ0v) is 14.0. The van der Waals surface area contributed by atoms with Gasteiger partial charge in [-0.3, -0.25) is 14.4 Å². The third kappa shape index (κ3) is 2.79. The van der Waals surface area contributed by atoms with Crippen molar-refractivity contribution < 1.29 is 23.9 Å². The van der Waals surface area contributed by atoms with E-state index in [-0.39, 0.29) is 48.4 Å². The molecular formula is C19H21NO5. The van der Waals surface area contributed by atoms with Gasteiger partial charge in [0.2, 0.25) is 0 Å². The zero-order valence-electron chi connectivity index (χ0n) is 14.0. The molecule has 2 aliphatic carbocycles. The van der Waals surface area contributed by atoms with Crippen LogP contribution >= 0.6 is 0 Å². The SMILES string of the molecule is C[C@H](NC(=O)COC(=O)[C@@H]1[C@@H]2C[C@@H]3[C@H]1C(=O)O[C@@H]3C2)c1ccccc1. The van der Waals surface area contributed by atoms with Crippen molar-refractivity contribution in [3.63, 3.8) is 0 Å². The summed E-state index contributed by atoms with van der Waals surface area (Å²) >= 11 is 0. The maximum atomic E-state index is 12.4. The second-order valence-corrected chi connectivity index (χ2v) is 7.23. The van der Waals surface area contributed by atoms with Gasteiger partial charge in [0.25, 0.3) is 5.91 Å². The van der Waals surface area contributed by atoms with E-state index in [0.29, 0.717) is 0 Å². The molecule has 2 bridgehead atoms. The van der Waals surface area contributed by atoms with E-state index in [4.69, 9.17) is 9.47 Å². The first kappa shape index (κ1) is 16.1. The van der Waals surface area contributed by atoms with Crippen molar-refractivity contribution in [2.75, 3.05) is 6.61 Å². The van der Waals surface area contributed by atoms with Crippen molar-refractivity contribution in [3.05, 3.63) is 35.9 Å². The summed E-state index contributed by atoms with van der Waals surface area (Å²) in [5.41, 5.74) is 0.982. The fourth-order valence-corrected chi connectivity index (χ4v) is 4.67. The number of esters is 2. The molecule has 1 saturated heterocycles. The van der Waals surface area contributed by atoms with E-state index in [1.54, 1.807) is 0 Å². The molecule has 1 heterocycles. The monoisotopic (exact) mass is 343 g/mol. The molecule has 25 heavy (non-hydrogen) atoms. The number of fused-ring (bicyclic) bond motifs is 1. The molecule has 1 aromatic carbocycles. The Labute approximate surface area is 145 Å². The second kappa shape index (κ2) is 6.17. The summed E-state index contributed by atoms with van der Waals surface area (Å²) in [4.78, 5) is 36.4. The van der Waals surface area contributed by atoms with E-state index >= 15 is 0 Å². The number of carbonyl (C=O) groups is 3. The molecule has 3 fully saturated rings. The highest BCUT2D eigenvalue weighted by atomic mass is 16.6. The molecule has 0 unspecified atom stereocenters. The molecule has 6 nitrogen and oxygen atoms in total. The smallest absolute Gasteiger partial charge is 0.310 e. The van der Waals surface area contributed by atoms with Crippen LogP contribution in [0.2, 0.25) is 0 Å². The maximum absolute atomic E-state index is 12.4. The van der Waals surface area contributed by atoms with E-state index in [1.165, 1.54) is 0 Å². The second-order valence-electron chi connectivity index (χ2n) is 7.23. The molecule has 0 radical (unpaired) electrons. The van der Waals surface area contributed by atoms with Crippen LogP contribution in [0.15, 0.2) is 30.3 Å². The molecule has 0 aromatic heterocycles. The van der Waals surface area contributed by atoms with Crippen LogP contribution in [0.25, 0.3) is 0 Å². The van der Waals surface area contributed by atoms with Gasteiger partial charge in [-0.2, -0.15) is 0 Å². The minimum absolute atomic E-state index is 0.0124. The van der Waals surface area contributed by atoms with Crippen LogP contribution < -0.4 is 5.32 Å². The molecule has 0 spiro atoms. The molecular weight excluding hydrogens is 322 g/mol. The van der Waals surface area contributed by atoms with E-state index in [0.717, 1.165) is 18.4 Å².